The van der Waals surface area contributed by atoms with E-state index in [2.05, 4.69) is 16.0 Å². The molecule has 2 aliphatic heterocycles. The predicted octanol–water partition coefficient (Wildman–Crippen LogP) is 1.40. The summed E-state index contributed by atoms with van der Waals surface area (Å²) in [6.07, 6.45) is 1.54. The summed E-state index contributed by atoms with van der Waals surface area (Å²) >= 11 is 0. The number of piperazine rings is 1. The number of carbonyl (C=O) groups is 1. The Bertz CT molecular complexity index is 639. The molecule has 3 heterocycles. The number of hydrogen-bond acceptors (Lipinski definition) is 5. The normalized spacial score (nSPS) is 21.3. The number of anilines is 1. The molecule has 23 heavy (non-hydrogen) atoms. The Morgan fingerprint density at radius 1 is 1.35 bits per heavy atom. The minimum Gasteiger partial charge on any atom is -0.368 e. The Balaban J connectivity index is 1.70. The Kier molecular flexibility index (Phi) is 4.49. The van der Waals surface area contributed by atoms with E-state index in [0.29, 0.717) is 38.3 Å². The number of nitriles is 1. The summed E-state index contributed by atoms with van der Waals surface area (Å²) in [4.78, 5) is 20.9. The number of pyridine rings is 1. The molecule has 0 saturated carbocycles. The fraction of sp³-hybridized carbons (Fsp3) is 0.588. The zero-order valence-corrected chi connectivity index (χ0v) is 13.7. The van der Waals surface area contributed by atoms with Gasteiger partial charge < -0.3 is 14.5 Å². The van der Waals surface area contributed by atoms with Crippen molar-refractivity contribution >= 4 is 11.7 Å². The van der Waals surface area contributed by atoms with Crippen molar-refractivity contribution in [2.24, 2.45) is 0 Å². The highest BCUT2D eigenvalue weighted by molar-refractivity contribution is 5.81. The summed E-state index contributed by atoms with van der Waals surface area (Å²) in [5, 5.41) is 9.41. The average molecular weight is 314 g/mol. The van der Waals surface area contributed by atoms with Gasteiger partial charge in [0.1, 0.15) is 18.0 Å². The fourth-order valence-electron chi connectivity index (χ4n) is 3.30. The molecule has 2 fully saturated rings. The van der Waals surface area contributed by atoms with Gasteiger partial charge in [0.25, 0.3) is 5.91 Å². The van der Waals surface area contributed by atoms with Crippen LogP contribution in [0, 0.1) is 25.2 Å². The van der Waals surface area contributed by atoms with Gasteiger partial charge in [-0.05, 0) is 38.3 Å². The van der Waals surface area contributed by atoms with E-state index in [-0.39, 0.29) is 12.0 Å². The standard InChI is InChI=1S/C17H22N4O2/c1-12-10-13(2)19-16(14(12)11-18)20-5-7-21(8-6-20)17(22)15-4-3-9-23-15/h10,15H,3-9H2,1-2H3. The van der Waals surface area contributed by atoms with Gasteiger partial charge in [0.15, 0.2) is 0 Å². The van der Waals surface area contributed by atoms with E-state index < -0.39 is 0 Å². The van der Waals surface area contributed by atoms with Crippen molar-refractivity contribution in [2.45, 2.75) is 32.8 Å². The minimum absolute atomic E-state index is 0.107. The van der Waals surface area contributed by atoms with Gasteiger partial charge in [0.2, 0.25) is 0 Å². The van der Waals surface area contributed by atoms with Crippen LogP contribution < -0.4 is 4.90 Å². The number of carbonyl (C=O) groups excluding carboxylic acids is 1. The van der Waals surface area contributed by atoms with Gasteiger partial charge in [-0.2, -0.15) is 5.26 Å². The largest absolute Gasteiger partial charge is 0.368 e. The van der Waals surface area contributed by atoms with Crippen LogP contribution >= 0.6 is 0 Å². The number of ether oxygens (including phenoxy) is 1. The molecular formula is C17H22N4O2. The maximum atomic E-state index is 12.4. The van der Waals surface area contributed by atoms with Gasteiger partial charge >= 0.3 is 0 Å². The third-order valence-electron chi connectivity index (χ3n) is 4.53. The molecule has 0 bridgehead atoms. The number of nitrogens with zero attached hydrogens (tertiary/aromatic N) is 4. The molecule has 1 aromatic rings. The smallest absolute Gasteiger partial charge is 0.251 e. The summed E-state index contributed by atoms with van der Waals surface area (Å²) < 4.78 is 5.49. The quantitative estimate of drug-likeness (QED) is 0.825. The molecule has 2 saturated heterocycles. The van der Waals surface area contributed by atoms with Gasteiger partial charge in [-0.1, -0.05) is 0 Å². The first-order valence-electron chi connectivity index (χ1n) is 8.14. The summed E-state index contributed by atoms with van der Waals surface area (Å²) in [5.41, 5.74) is 2.50. The first-order chi connectivity index (χ1) is 11.1. The number of amides is 1. The topological polar surface area (TPSA) is 69.5 Å². The van der Waals surface area contributed by atoms with Crippen LogP contribution in [0.1, 0.15) is 29.7 Å². The lowest BCUT2D eigenvalue weighted by molar-refractivity contribution is -0.141. The number of aryl methyl sites for hydroxylation is 2. The molecular weight excluding hydrogens is 292 g/mol. The summed E-state index contributed by atoms with van der Waals surface area (Å²) in [6.45, 7) is 7.26. The van der Waals surface area contributed by atoms with Gasteiger partial charge in [-0.25, -0.2) is 4.98 Å². The molecule has 0 radical (unpaired) electrons. The van der Waals surface area contributed by atoms with E-state index in [1.54, 1.807) is 0 Å². The highest BCUT2D eigenvalue weighted by atomic mass is 16.5. The molecule has 122 valence electrons. The zero-order chi connectivity index (χ0) is 16.4. The third kappa shape index (κ3) is 3.15. The van der Waals surface area contributed by atoms with Crippen molar-refractivity contribution in [2.75, 3.05) is 37.7 Å². The Labute approximate surface area is 136 Å². The second-order valence-electron chi connectivity index (χ2n) is 6.20. The second kappa shape index (κ2) is 6.55. The molecule has 0 aliphatic carbocycles. The molecule has 0 aromatic carbocycles. The van der Waals surface area contributed by atoms with E-state index >= 15 is 0 Å². The first kappa shape index (κ1) is 15.8. The van der Waals surface area contributed by atoms with Crippen LogP contribution in [-0.2, 0) is 9.53 Å². The van der Waals surface area contributed by atoms with Crippen molar-refractivity contribution in [3.05, 3.63) is 22.9 Å². The van der Waals surface area contributed by atoms with Crippen LogP contribution in [-0.4, -0.2) is 54.7 Å². The molecule has 0 spiro atoms. The lowest BCUT2D eigenvalue weighted by atomic mass is 10.1. The molecule has 2 aliphatic rings. The van der Waals surface area contributed by atoms with Crippen molar-refractivity contribution in [1.82, 2.24) is 9.88 Å². The molecule has 1 unspecified atom stereocenters. The Morgan fingerprint density at radius 2 is 2.09 bits per heavy atom. The molecule has 6 heteroatoms. The number of rotatable bonds is 2. The van der Waals surface area contributed by atoms with Crippen molar-refractivity contribution in [1.29, 1.82) is 5.26 Å². The monoisotopic (exact) mass is 314 g/mol. The lowest BCUT2D eigenvalue weighted by Gasteiger charge is -2.36. The Hall–Kier alpha value is -2.13. The van der Waals surface area contributed by atoms with Crippen LogP contribution in [0.25, 0.3) is 0 Å². The van der Waals surface area contributed by atoms with Gasteiger partial charge in [0.05, 0.1) is 5.56 Å². The maximum absolute atomic E-state index is 12.4. The SMILES string of the molecule is Cc1cc(C)c(C#N)c(N2CCN(C(=O)C3CCCO3)CC2)n1. The van der Waals surface area contributed by atoms with Crippen molar-refractivity contribution in [3.8, 4) is 6.07 Å². The second-order valence-corrected chi connectivity index (χ2v) is 6.20. The maximum Gasteiger partial charge on any atom is 0.251 e. The first-order valence-corrected chi connectivity index (χ1v) is 8.14. The number of hydrogen-bond donors (Lipinski definition) is 0. The summed E-state index contributed by atoms with van der Waals surface area (Å²) in [7, 11) is 0. The molecule has 6 nitrogen and oxygen atoms in total. The van der Waals surface area contributed by atoms with E-state index in [1.807, 2.05) is 24.8 Å². The summed E-state index contributed by atoms with van der Waals surface area (Å²) in [6, 6.07) is 4.19. The fourth-order valence-corrected chi connectivity index (χ4v) is 3.30. The van der Waals surface area contributed by atoms with Crippen LogP contribution in [0.15, 0.2) is 6.07 Å². The van der Waals surface area contributed by atoms with Crippen LogP contribution in [0.5, 0.6) is 0 Å². The summed E-state index contributed by atoms with van der Waals surface area (Å²) in [5.74, 6) is 0.852. The molecule has 1 aromatic heterocycles. The zero-order valence-electron chi connectivity index (χ0n) is 13.7. The van der Waals surface area contributed by atoms with Gasteiger partial charge in [-0.3, -0.25) is 4.79 Å². The van der Waals surface area contributed by atoms with Crippen LogP contribution in [0.2, 0.25) is 0 Å². The van der Waals surface area contributed by atoms with Crippen LogP contribution in [0.4, 0.5) is 5.82 Å². The molecule has 1 amide bonds. The van der Waals surface area contributed by atoms with Crippen molar-refractivity contribution < 1.29 is 9.53 Å². The molecule has 0 N–H and O–H groups in total. The Morgan fingerprint density at radius 3 is 2.70 bits per heavy atom. The average Bonchev–Trinajstić information content (AvgIpc) is 3.08. The highest BCUT2D eigenvalue weighted by Crippen LogP contribution is 2.23. The van der Waals surface area contributed by atoms with Gasteiger partial charge in [-0.15, -0.1) is 0 Å². The van der Waals surface area contributed by atoms with E-state index in [9.17, 15) is 10.1 Å². The molecule has 3 rings (SSSR count). The number of aromatic nitrogens is 1. The third-order valence-corrected chi connectivity index (χ3v) is 4.53. The van der Waals surface area contributed by atoms with E-state index in [0.717, 1.165) is 29.9 Å². The molecule has 1 atom stereocenters. The predicted molar refractivity (Wildman–Crippen MR) is 86.2 cm³/mol. The van der Waals surface area contributed by atoms with Crippen molar-refractivity contribution in [3.63, 3.8) is 0 Å². The van der Waals surface area contributed by atoms with E-state index in [4.69, 9.17) is 4.74 Å². The highest BCUT2D eigenvalue weighted by Gasteiger charge is 2.31. The van der Waals surface area contributed by atoms with Gasteiger partial charge in [0, 0.05) is 38.5 Å². The van der Waals surface area contributed by atoms with E-state index in [1.165, 1.54) is 0 Å². The minimum atomic E-state index is -0.254. The lowest BCUT2D eigenvalue weighted by Crippen LogP contribution is -2.51. The van der Waals surface area contributed by atoms with Crippen LogP contribution in [0.3, 0.4) is 0 Å².